The third-order valence-electron chi connectivity index (χ3n) is 4.46. The van der Waals surface area contributed by atoms with Crippen LogP contribution in [0.2, 0.25) is 0 Å². The lowest BCUT2D eigenvalue weighted by Gasteiger charge is -2.09. The number of nitrogens with one attached hydrogen (secondary N) is 2. The predicted molar refractivity (Wildman–Crippen MR) is 108 cm³/mol. The molecular formula is C23H19FN2O3. The lowest BCUT2D eigenvalue weighted by Crippen LogP contribution is -2.25. The maximum atomic E-state index is 13.0. The van der Waals surface area contributed by atoms with Gasteiger partial charge in [0.2, 0.25) is 0 Å². The van der Waals surface area contributed by atoms with E-state index in [0.717, 1.165) is 12.8 Å². The lowest BCUT2D eigenvalue weighted by molar-refractivity contribution is 0.0949. The first-order valence-electron chi connectivity index (χ1n) is 9.32. The summed E-state index contributed by atoms with van der Waals surface area (Å²) in [5.41, 5.74) is 1.51. The molecule has 0 atom stereocenters. The molecule has 0 radical (unpaired) electrons. The van der Waals surface area contributed by atoms with Gasteiger partial charge in [-0.2, -0.15) is 0 Å². The monoisotopic (exact) mass is 390 g/mol. The summed E-state index contributed by atoms with van der Waals surface area (Å²) < 4.78 is 18.6. The van der Waals surface area contributed by atoms with E-state index in [1.807, 2.05) is 0 Å². The molecule has 146 valence electrons. The van der Waals surface area contributed by atoms with Crippen molar-refractivity contribution in [2.45, 2.75) is 18.9 Å². The number of hydrogen-bond donors (Lipinski definition) is 2. The van der Waals surface area contributed by atoms with Crippen LogP contribution in [0.25, 0.3) is 0 Å². The SMILES string of the molecule is O=C(Nc1cccc(C(=O)NC2CC2)c1)c1ccc(Oc2ccc(F)cc2)cc1. The van der Waals surface area contributed by atoms with Gasteiger partial charge in [0.25, 0.3) is 11.8 Å². The lowest BCUT2D eigenvalue weighted by atomic mass is 10.1. The highest BCUT2D eigenvalue weighted by Gasteiger charge is 2.23. The zero-order chi connectivity index (χ0) is 20.2. The maximum Gasteiger partial charge on any atom is 0.255 e. The Morgan fingerprint density at radius 3 is 2.14 bits per heavy atom. The van der Waals surface area contributed by atoms with Crippen molar-refractivity contribution in [1.29, 1.82) is 0 Å². The van der Waals surface area contributed by atoms with Gasteiger partial charge in [-0.1, -0.05) is 6.07 Å². The zero-order valence-electron chi connectivity index (χ0n) is 15.5. The van der Waals surface area contributed by atoms with Crippen molar-refractivity contribution in [1.82, 2.24) is 5.32 Å². The Morgan fingerprint density at radius 1 is 0.828 bits per heavy atom. The molecule has 2 N–H and O–H groups in total. The van der Waals surface area contributed by atoms with Crippen LogP contribution < -0.4 is 15.4 Å². The summed E-state index contributed by atoms with van der Waals surface area (Å²) in [6.45, 7) is 0. The van der Waals surface area contributed by atoms with Gasteiger partial charge >= 0.3 is 0 Å². The topological polar surface area (TPSA) is 67.4 Å². The summed E-state index contributed by atoms with van der Waals surface area (Å²) in [5, 5.41) is 5.72. The highest BCUT2D eigenvalue weighted by Crippen LogP contribution is 2.23. The first-order chi connectivity index (χ1) is 14.1. The Morgan fingerprint density at radius 2 is 1.48 bits per heavy atom. The van der Waals surface area contributed by atoms with E-state index >= 15 is 0 Å². The minimum Gasteiger partial charge on any atom is -0.457 e. The fraction of sp³-hybridized carbons (Fsp3) is 0.130. The molecule has 1 aliphatic carbocycles. The number of anilines is 1. The smallest absolute Gasteiger partial charge is 0.255 e. The minimum atomic E-state index is -0.335. The van der Waals surface area contributed by atoms with Crippen LogP contribution in [0.5, 0.6) is 11.5 Å². The number of carbonyl (C=O) groups is 2. The van der Waals surface area contributed by atoms with E-state index in [2.05, 4.69) is 10.6 Å². The molecule has 5 nitrogen and oxygen atoms in total. The second-order valence-electron chi connectivity index (χ2n) is 6.86. The van der Waals surface area contributed by atoms with E-state index < -0.39 is 0 Å². The Hall–Kier alpha value is -3.67. The molecule has 1 saturated carbocycles. The molecule has 6 heteroatoms. The fourth-order valence-corrected chi connectivity index (χ4v) is 2.75. The van der Waals surface area contributed by atoms with Crippen molar-refractivity contribution in [2.75, 3.05) is 5.32 Å². The van der Waals surface area contributed by atoms with E-state index in [0.29, 0.717) is 28.3 Å². The summed E-state index contributed by atoms with van der Waals surface area (Å²) in [4.78, 5) is 24.6. The molecule has 0 aliphatic heterocycles. The van der Waals surface area contributed by atoms with Crippen LogP contribution in [-0.4, -0.2) is 17.9 Å². The molecule has 29 heavy (non-hydrogen) atoms. The minimum absolute atomic E-state index is 0.133. The average molecular weight is 390 g/mol. The van der Waals surface area contributed by atoms with Crippen LogP contribution in [0.1, 0.15) is 33.6 Å². The molecule has 3 aromatic rings. The summed E-state index contributed by atoms with van der Waals surface area (Å²) in [5.74, 6) is 0.277. The second-order valence-corrected chi connectivity index (χ2v) is 6.86. The van der Waals surface area contributed by atoms with Gasteiger partial charge in [-0.3, -0.25) is 9.59 Å². The number of amides is 2. The summed E-state index contributed by atoms with van der Waals surface area (Å²) in [6, 6.07) is 19.4. The molecule has 0 aromatic heterocycles. The van der Waals surface area contributed by atoms with Crippen LogP contribution in [0.4, 0.5) is 10.1 Å². The number of rotatable bonds is 6. The van der Waals surface area contributed by atoms with Gasteiger partial charge < -0.3 is 15.4 Å². The van der Waals surface area contributed by atoms with Crippen LogP contribution >= 0.6 is 0 Å². The maximum absolute atomic E-state index is 13.0. The van der Waals surface area contributed by atoms with E-state index in [9.17, 15) is 14.0 Å². The summed E-state index contributed by atoms with van der Waals surface area (Å²) in [6.07, 6.45) is 2.03. The highest BCUT2D eigenvalue weighted by atomic mass is 19.1. The van der Waals surface area contributed by atoms with Crippen molar-refractivity contribution in [3.8, 4) is 11.5 Å². The van der Waals surface area contributed by atoms with Gasteiger partial charge in [-0.15, -0.1) is 0 Å². The number of carbonyl (C=O) groups excluding carboxylic acids is 2. The highest BCUT2D eigenvalue weighted by molar-refractivity contribution is 6.05. The first kappa shape index (κ1) is 18.7. The number of benzene rings is 3. The molecule has 4 rings (SSSR count). The molecule has 1 aliphatic rings. The van der Waals surface area contributed by atoms with Crippen molar-refractivity contribution >= 4 is 17.5 Å². The van der Waals surface area contributed by atoms with Crippen LogP contribution in [0.15, 0.2) is 72.8 Å². The molecule has 0 unspecified atom stereocenters. The fourth-order valence-electron chi connectivity index (χ4n) is 2.75. The van der Waals surface area contributed by atoms with Gasteiger partial charge in [0.1, 0.15) is 17.3 Å². The quantitative estimate of drug-likeness (QED) is 0.638. The molecule has 1 fully saturated rings. The van der Waals surface area contributed by atoms with Crippen molar-refractivity contribution < 1.29 is 18.7 Å². The van der Waals surface area contributed by atoms with Crippen LogP contribution in [0.3, 0.4) is 0 Å². The van der Waals surface area contributed by atoms with Gasteiger partial charge in [0.15, 0.2) is 0 Å². The van der Waals surface area contributed by atoms with E-state index in [1.54, 1.807) is 48.5 Å². The Labute approximate surface area is 167 Å². The molecule has 0 saturated heterocycles. The van der Waals surface area contributed by atoms with Crippen molar-refractivity contribution in [3.63, 3.8) is 0 Å². The van der Waals surface area contributed by atoms with Gasteiger partial charge in [-0.05, 0) is 79.6 Å². The summed E-state index contributed by atoms with van der Waals surface area (Å²) in [7, 11) is 0. The van der Waals surface area contributed by atoms with Gasteiger partial charge in [0, 0.05) is 22.9 Å². The Balaban J connectivity index is 1.39. The standard InChI is InChI=1S/C23H19FN2O3/c24-17-6-12-21(13-7-17)29-20-10-4-15(5-11-20)22(27)26-19-3-1-2-16(14-19)23(28)25-18-8-9-18/h1-7,10-14,18H,8-9H2,(H,25,28)(H,26,27). The van der Waals surface area contributed by atoms with E-state index in [4.69, 9.17) is 4.74 Å². The Bertz CT molecular complexity index is 1030. The van der Waals surface area contributed by atoms with Crippen molar-refractivity contribution in [3.05, 3.63) is 89.7 Å². The van der Waals surface area contributed by atoms with Crippen molar-refractivity contribution in [2.24, 2.45) is 0 Å². The predicted octanol–water partition coefficient (Wildman–Crippen LogP) is 4.76. The number of ether oxygens (including phenoxy) is 1. The van der Waals surface area contributed by atoms with Gasteiger partial charge in [-0.25, -0.2) is 4.39 Å². The normalized spacial score (nSPS) is 12.9. The van der Waals surface area contributed by atoms with Crippen LogP contribution in [-0.2, 0) is 0 Å². The largest absolute Gasteiger partial charge is 0.457 e. The van der Waals surface area contributed by atoms with E-state index in [-0.39, 0.29) is 23.7 Å². The van der Waals surface area contributed by atoms with E-state index in [1.165, 1.54) is 24.3 Å². The molecular weight excluding hydrogens is 371 g/mol. The molecule has 2 amide bonds. The van der Waals surface area contributed by atoms with Crippen LogP contribution in [0, 0.1) is 5.82 Å². The molecule has 3 aromatic carbocycles. The second kappa shape index (κ2) is 8.14. The summed E-state index contributed by atoms with van der Waals surface area (Å²) >= 11 is 0. The molecule has 0 spiro atoms. The molecule has 0 bridgehead atoms. The number of hydrogen-bond acceptors (Lipinski definition) is 3. The molecule has 0 heterocycles. The number of halogens is 1. The van der Waals surface area contributed by atoms with Gasteiger partial charge in [0.05, 0.1) is 0 Å². The zero-order valence-corrected chi connectivity index (χ0v) is 15.5. The Kier molecular flexibility index (Phi) is 5.24. The third kappa shape index (κ3) is 4.99. The third-order valence-corrected chi connectivity index (χ3v) is 4.46. The average Bonchev–Trinajstić information content (AvgIpc) is 3.54. The first-order valence-corrected chi connectivity index (χ1v) is 9.32.